The van der Waals surface area contributed by atoms with Crippen LogP contribution in [0.5, 0.6) is 0 Å². The first-order valence-corrected chi connectivity index (χ1v) is 11.6. The molecule has 1 amide bonds. The molecule has 1 saturated heterocycles. The fourth-order valence-electron chi connectivity index (χ4n) is 3.95. The van der Waals surface area contributed by atoms with Crippen LogP contribution in [-0.4, -0.2) is 46.1 Å². The summed E-state index contributed by atoms with van der Waals surface area (Å²) in [5.74, 6) is 6.34. The second kappa shape index (κ2) is 9.27. The molecule has 3 aromatic rings. The Morgan fingerprint density at radius 2 is 2.16 bits per heavy atom. The van der Waals surface area contributed by atoms with Crippen LogP contribution in [0.15, 0.2) is 42.5 Å². The zero-order valence-corrected chi connectivity index (χ0v) is 18.9. The zero-order chi connectivity index (χ0) is 21.8. The minimum atomic E-state index is -0.971. The number of hydrogen-bond acceptors (Lipinski definition) is 4. The second-order valence-corrected chi connectivity index (χ2v) is 9.97. The van der Waals surface area contributed by atoms with Gasteiger partial charge in [0.05, 0.1) is 4.88 Å². The highest BCUT2D eigenvalue weighted by atomic mass is 32.1. The summed E-state index contributed by atoms with van der Waals surface area (Å²) in [7, 11) is 0. The quantitative estimate of drug-likeness (QED) is 0.531. The molecular formula is C25H29N3O2S. The number of aliphatic hydroxyl groups is 1. The maximum Gasteiger partial charge on any atom is 0.267 e. The van der Waals surface area contributed by atoms with E-state index < -0.39 is 5.60 Å². The average molecular weight is 436 g/mol. The number of carbonyl (C=O) groups is 1. The molecule has 31 heavy (non-hydrogen) atoms. The molecule has 1 aliphatic rings. The summed E-state index contributed by atoms with van der Waals surface area (Å²) < 4.78 is 0. The van der Waals surface area contributed by atoms with Gasteiger partial charge in [-0.2, -0.15) is 0 Å². The Morgan fingerprint density at radius 3 is 2.97 bits per heavy atom. The molecule has 0 aliphatic carbocycles. The number of aromatic amines is 1. The molecule has 0 saturated carbocycles. The molecule has 6 heteroatoms. The first-order chi connectivity index (χ1) is 14.9. The minimum absolute atomic E-state index is 0.0402. The van der Waals surface area contributed by atoms with E-state index in [0.717, 1.165) is 48.3 Å². The van der Waals surface area contributed by atoms with Crippen molar-refractivity contribution in [1.29, 1.82) is 0 Å². The average Bonchev–Trinajstić information content (AvgIpc) is 3.37. The van der Waals surface area contributed by atoms with Crippen molar-refractivity contribution in [2.45, 2.75) is 38.8 Å². The molecule has 0 unspecified atom stereocenters. The van der Waals surface area contributed by atoms with Crippen LogP contribution in [0, 0.1) is 17.8 Å². The van der Waals surface area contributed by atoms with Gasteiger partial charge in [0.15, 0.2) is 0 Å². The van der Waals surface area contributed by atoms with E-state index in [1.165, 1.54) is 4.88 Å². The monoisotopic (exact) mass is 435 g/mol. The van der Waals surface area contributed by atoms with Crippen LogP contribution >= 0.6 is 11.3 Å². The lowest BCUT2D eigenvalue weighted by atomic mass is 9.98. The highest BCUT2D eigenvalue weighted by Crippen LogP contribution is 2.22. The summed E-state index contributed by atoms with van der Waals surface area (Å²) >= 11 is 1.69. The van der Waals surface area contributed by atoms with E-state index in [0.29, 0.717) is 18.2 Å². The van der Waals surface area contributed by atoms with E-state index in [1.807, 2.05) is 36.4 Å². The van der Waals surface area contributed by atoms with Crippen molar-refractivity contribution >= 4 is 28.1 Å². The van der Waals surface area contributed by atoms with Crippen molar-refractivity contribution in [2.24, 2.45) is 5.92 Å². The van der Waals surface area contributed by atoms with Gasteiger partial charge >= 0.3 is 0 Å². The van der Waals surface area contributed by atoms with Crippen LogP contribution in [0.1, 0.15) is 46.9 Å². The van der Waals surface area contributed by atoms with E-state index in [9.17, 15) is 9.90 Å². The third kappa shape index (κ3) is 5.98. The van der Waals surface area contributed by atoms with E-state index in [4.69, 9.17) is 0 Å². The number of fused-ring (bicyclic) bond motifs is 1. The van der Waals surface area contributed by atoms with Crippen LogP contribution < -0.4 is 5.32 Å². The maximum absolute atomic E-state index is 12.6. The van der Waals surface area contributed by atoms with Gasteiger partial charge < -0.3 is 15.4 Å². The van der Waals surface area contributed by atoms with Crippen molar-refractivity contribution < 1.29 is 9.90 Å². The standard InChI is InChI=1S/C25H29N3O2S/c1-25(2,30)12-11-20-9-10-21(31-20)17-28-13-5-6-18(16-28)15-26-24(29)23-14-19-7-3-4-8-22(19)27-23/h3-4,7-10,14,18,27,30H,5-6,13,15-17H2,1-2H3,(H,26,29)/t18-/m0/s1. The van der Waals surface area contributed by atoms with Gasteiger partial charge in [0.1, 0.15) is 11.3 Å². The van der Waals surface area contributed by atoms with Crippen LogP contribution in [0.4, 0.5) is 0 Å². The largest absolute Gasteiger partial charge is 0.378 e. The van der Waals surface area contributed by atoms with Crippen LogP contribution in [0.3, 0.4) is 0 Å². The third-order valence-corrected chi connectivity index (χ3v) is 6.45. The van der Waals surface area contributed by atoms with Crippen molar-refractivity contribution in [2.75, 3.05) is 19.6 Å². The number of para-hydroxylation sites is 1. The summed E-state index contributed by atoms with van der Waals surface area (Å²) in [6.07, 6.45) is 2.28. The van der Waals surface area contributed by atoms with Crippen molar-refractivity contribution in [3.8, 4) is 11.8 Å². The van der Waals surface area contributed by atoms with Gasteiger partial charge in [0.25, 0.3) is 5.91 Å². The maximum atomic E-state index is 12.6. The fourth-order valence-corrected chi connectivity index (χ4v) is 4.86. The number of piperidine rings is 1. The van der Waals surface area contributed by atoms with Gasteiger partial charge in [0.2, 0.25) is 0 Å². The number of carbonyl (C=O) groups excluding carboxylic acids is 1. The molecule has 162 valence electrons. The molecule has 0 spiro atoms. The number of likely N-dealkylation sites (tertiary alicyclic amines) is 1. The topological polar surface area (TPSA) is 68.4 Å². The number of H-pyrrole nitrogens is 1. The Bertz CT molecular complexity index is 1080. The van der Waals surface area contributed by atoms with Crippen LogP contribution in [0.25, 0.3) is 10.9 Å². The Morgan fingerprint density at radius 1 is 1.32 bits per heavy atom. The lowest BCUT2D eigenvalue weighted by Gasteiger charge is -2.32. The third-order valence-electron chi connectivity index (χ3n) is 5.46. The summed E-state index contributed by atoms with van der Waals surface area (Å²) in [4.78, 5) is 20.5. The number of nitrogens with one attached hydrogen (secondary N) is 2. The Labute approximate surface area is 187 Å². The molecule has 0 bridgehead atoms. The Hall–Kier alpha value is -2.59. The van der Waals surface area contributed by atoms with Crippen molar-refractivity contribution in [3.05, 3.63) is 57.9 Å². The molecule has 1 aliphatic heterocycles. The molecule has 4 rings (SSSR count). The van der Waals surface area contributed by atoms with E-state index >= 15 is 0 Å². The first-order valence-electron chi connectivity index (χ1n) is 10.8. The van der Waals surface area contributed by atoms with Crippen LogP contribution in [-0.2, 0) is 6.54 Å². The second-order valence-electron chi connectivity index (χ2n) is 8.80. The molecule has 0 radical (unpaired) electrons. The molecule has 5 nitrogen and oxygen atoms in total. The number of aromatic nitrogens is 1. The van der Waals surface area contributed by atoms with Gasteiger partial charge in [-0.25, -0.2) is 0 Å². The molecule has 1 atom stereocenters. The van der Waals surface area contributed by atoms with Crippen LogP contribution in [0.2, 0.25) is 0 Å². The number of amides is 1. The van der Waals surface area contributed by atoms with E-state index in [-0.39, 0.29) is 5.91 Å². The van der Waals surface area contributed by atoms with Gasteiger partial charge in [-0.15, -0.1) is 11.3 Å². The Balaban J connectivity index is 1.29. The summed E-state index contributed by atoms with van der Waals surface area (Å²) in [6, 6.07) is 14.0. The molecule has 3 N–H and O–H groups in total. The van der Waals surface area contributed by atoms with Gasteiger partial charge in [-0.1, -0.05) is 30.0 Å². The van der Waals surface area contributed by atoms with Crippen molar-refractivity contribution in [3.63, 3.8) is 0 Å². The number of thiophene rings is 1. The van der Waals surface area contributed by atoms with Crippen molar-refractivity contribution in [1.82, 2.24) is 15.2 Å². The predicted molar refractivity (Wildman–Crippen MR) is 126 cm³/mol. The summed E-state index contributed by atoms with van der Waals surface area (Å²) in [5, 5.41) is 13.9. The SMILES string of the molecule is CC(C)(O)C#Cc1ccc(CN2CCC[C@@H](CNC(=O)c3cc4ccccc4[nH]3)C2)s1. The molecule has 1 fully saturated rings. The number of rotatable bonds is 5. The minimum Gasteiger partial charge on any atom is -0.378 e. The molecule has 1 aromatic carbocycles. The smallest absolute Gasteiger partial charge is 0.267 e. The lowest BCUT2D eigenvalue weighted by Crippen LogP contribution is -2.40. The van der Waals surface area contributed by atoms with Gasteiger partial charge in [0, 0.05) is 35.4 Å². The fraction of sp³-hybridized carbons (Fsp3) is 0.400. The molecule has 3 heterocycles. The first kappa shape index (κ1) is 21.6. The Kier molecular flexibility index (Phi) is 6.47. The highest BCUT2D eigenvalue weighted by Gasteiger charge is 2.21. The molecular weight excluding hydrogens is 406 g/mol. The van der Waals surface area contributed by atoms with E-state index in [1.54, 1.807) is 25.2 Å². The van der Waals surface area contributed by atoms with E-state index in [2.05, 4.69) is 33.1 Å². The predicted octanol–water partition coefficient (Wildman–Crippen LogP) is 3.99. The summed E-state index contributed by atoms with van der Waals surface area (Å²) in [5.41, 5.74) is 0.632. The van der Waals surface area contributed by atoms with Gasteiger partial charge in [-0.3, -0.25) is 9.69 Å². The summed E-state index contributed by atoms with van der Waals surface area (Å²) in [6.45, 7) is 7.04. The normalized spacial score (nSPS) is 17.3. The number of benzene rings is 1. The highest BCUT2D eigenvalue weighted by molar-refractivity contribution is 7.12. The zero-order valence-electron chi connectivity index (χ0n) is 18.1. The number of hydrogen-bond donors (Lipinski definition) is 3. The molecule has 2 aromatic heterocycles. The number of nitrogens with zero attached hydrogens (tertiary/aromatic N) is 1. The van der Waals surface area contributed by atoms with Gasteiger partial charge in [-0.05, 0) is 63.4 Å². The lowest BCUT2D eigenvalue weighted by molar-refractivity contribution is 0.0926.